The van der Waals surface area contributed by atoms with Crippen LogP contribution in [-0.2, 0) is 9.59 Å². The van der Waals surface area contributed by atoms with Crippen molar-refractivity contribution in [3.63, 3.8) is 0 Å². The highest BCUT2D eigenvalue weighted by Gasteiger charge is 2.39. The lowest BCUT2D eigenvalue weighted by atomic mass is 9.95. The Balaban J connectivity index is 1.82. The number of aliphatic carboxylic acids is 1. The first-order valence-electron chi connectivity index (χ1n) is 5.36. The van der Waals surface area contributed by atoms with Crippen molar-refractivity contribution in [2.24, 2.45) is 11.8 Å². The minimum atomic E-state index is -1.09. The Bertz CT molecular complexity index is 311. The molecule has 0 spiro atoms. The average Bonchev–Trinajstić information content (AvgIpc) is 2.76. The smallest absolute Gasteiger partial charge is 0.328 e. The van der Waals surface area contributed by atoms with Gasteiger partial charge in [-0.05, 0) is 31.1 Å². The van der Waals surface area contributed by atoms with Crippen molar-refractivity contribution in [3.05, 3.63) is 12.2 Å². The first-order valence-corrected chi connectivity index (χ1v) is 5.36. The van der Waals surface area contributed by atoms with Gasteiger partial charge in [0.1, 0.15) is 0 Å². The molecule has 3 unspecified atom stereocenters. The van der Waals surface area contributed by atoms with E-state index in [1.807, 2.05) is 0 Å². The molecule has 0 heterocycles. The van der Waals surface area contributed by atoms with E-state index in [-0.39, 0.29) is 11.9 Å². The Labute approximate surface area is 88.4 Å². The molecule has 0 aromatic rings. The number of nitrogens with one attached hydrogen (secondary N) is 1. The quantitative estimate of drug-likeness (QED) is 0.679. The van der Waals surface area contributed by atoms with Crippen molar-refractivity contribution in [1.82, 2.24) is 5.32 Å². The number of hydrogen-bond donors (Lipinski definition) is 2. The molecule has 0 aromatic carbocycles. The van der Waals surface area contributed by atoms with Crippen molar-refractivity contribution in [2.45, 2.75) is 31.7 Å². The monoisotopic (exact) mass is 209 g/mol. The van der Waals surface area contributed by atoms with E-state index < -0.39 is 5.97 Å². The minimum absolute atomic E-state index is 0.273. The van der Waals surface area contributed by atoms with E-state index in [1.54, 1.807) is 0 Å². The maximum absolute atomic E-state index is 11.3. The van der Waals surface area contributed by atoms with Crippen LogP contribution in [0.25, 0.3) is 0 Å². The fraction of sp³-hybridized carbons (Fsp3) is 0.636. The van der Waals surface area contributed by atoms with Crippen molar-refractivity contribution in [2.75, 3.05) is 0 Å². The number of rotatable bonds is 3. The second-order valence-corrected chi connectivity index (χ2v) is 4.46. The highest BCUT2D eigenvalue weighted by Crippen LogP contribution is 2.44. The Kier molecular flexibility index (Phi) is 2.75. The molecular formula is C11H15NO3. The Morgan fingerprint density at radius 3 is 2.53 bits per heavy atom. The number of carbonyl (C=O) groups is 2. The highest BCUT2D eigenvalue weighted by atomic mass is 16.4. The van der Waals surface area contributed by atoms with Crippen molar-refractivity contribution in [1.29, 1.82) is 0 Å². The molecule has 2 rings (SSSR count). The fourth-order valence-corrected chi connectivity index (χ4v) is 2.80. The topological polar surface area (TPSA) is 66.4 Å². The van der Waals surface area contributed by atoms with Gasteiger partial charge in [-0.2, -0.15) is 0 Å². The normalized spacial score (nSPS) is 33.5. The standard InChI is InChI=1S/C11H15NO3/c13-10(3-4-11(14)15)12-9-6-7-1-2-8(9)5-7/h3-4,7-9H,1-2,5-6H2,(H,12,13)(H,14,15)/b4-3+. The summed E-state index contributed by atoms with van der Waals surface area (Å²) in [6, 6.07) is 0.273. The SMILES string of the molecule is O=C(O)/C=C/C(=O)NC1CC2CCC1C2. The molecule has 82 valence electrons. The number of carboxylic acids is 1. The summed E-state index contributed by atoms with van der Waals surface area (Å²) in [6.45, 7) is 0. The van der Waals surface area contributed by atoms with Crippen molar-refractivity contribution < 1.29 is 14.7 Å². The molecule has 2 bridgehead atoms. The zero-order valence-corrected chi connectivity index (χ0v) is 8.48. The fourth-order valence-electron chi connectivity index (χ4n) is 2.80. The summed E-state index contributed by atoms with van der Waals surface area (Å²) in [5.41, 5.74) is 0. The Morgan fingerprint density at radius 2 is 2.00 bits per heavy atom. The molecule has 0 aliphatic heterocycles. The molecule has 2 aliphatic carbocycles. The van der Waals surface area contributed by atoms with Crippen LogP contribution >= 0.6 is 0 Å². The lowest BCUT2D eigenvalue weighted by molar-refractivity contribution is -0.131. The summed E-state index contributed by atoms with van der Waals surface area (Å²) in [6.07, 6.45) is 6.77. The molecule has 0 radical (unpaired) electrons. The molecule has 2 N–H and O–H groups in total. The minimum Gasteiger partial charge on any atom is -0.478 e. The molecule has 0 aromatic heterocycles. The third-order valence-electron chi connectivity index (χ3n) is 3.44. The summed E-state index contributed by atoms with van der Waals surface area (Å²) >= 11 is 0. The number of carbonyl (C=O) groups excluding carboxylic acids is 1. The zero-order chi connectivity index (χ0) is 10.8. The van der Waals surface area contributed by atoms with E-state index in [0.29, 0.717) is 5.92 Å². The maximum Gasteiger partial charge on any atom is 0.328 e. The van der Waals surface area contributed by atoms with E-state index in [9.17, 15) is 9.59 Å². The Morgan fingerprint density at radius 1 is 1.20 bits per heavy atom. The van der Waals surface area contributed by atoms with Crippen molar-refractivity contribution in [3.8, 4) is 0 Å². The van der Waals surface area contributed by atoms with Crippen LogP contribution in [-0.4, -0.2) is 23.0 Å². The summed E-state index contributed by atoms with van der Waals surface area (Å²) in [7, 11) is 0. The van der Waals surface area contributed by atoms with Gasteiger partial charge in [0, 0.05) is 18.2 Å². The molecule has 1 amide bonds. The van der Waals surface area contributed by atoms with Gasteiger partial charge in [-0.15, -0.1) is 0 Å². The van der Waals surface area contributed by atoms with Gasteiger partial charge in [-0.1, -0.05) is 6.42 Å². The molecule has 3 atom stereocenters. The van der Waals surface area contributed by atoms with Crippen LogP contribution in [0.2, 0.25) is 0 Å². The van der Waals surface area contributed by atoms with Gasteiger partial charge in [-0.3, -0.25) is 4.79 Å². The van der Waals surface area contributed by atoms with E-state index >= 15 is 0 Å². The predicted molar refractivity (Wildman–Crippen MR) is 54.2 cm³/mol. The van der Waals surface area contributed by atoms with Crippen LogP contribution in [0.5, 0.6) is 0 Å². The summed E-state index contributed by atoms with van der Waals surface area (Å²) in [4.78, 5) is 21.5. The number of carboxylic acid groups (broad SMARTS) is 1. The third-order valence-corrected chi connectivity index (χ3v) is 3.44. The molecule has 4 heteroatoms. The van der Waals surface area contributed by atoms with E-state index in [2.05, 4.69) is 5.32 Å². The number of amides is 1. The molecular weight excluding hydrogens is 194 g/mol. The van der Waals surface area contributed by atoms with E-state index in [0.717, 1.165) is 24.5 Å². The average molecular weight is 209 g/mol. The zero-order valence-electron chi connectivity index (χ0n) is 8.48. The van der Waals surface area contributed by atoms with Crippen LogP contribution in [0.4, 0.5) is 0 Å². The van der Waals surface area contributed by atoms with Gasteiger partial charge in [-0.25, -0.2) is 4.79 Å². The molecule has 0 saturated heterocycles. The van der Waals surface area contributed by atoms with Gasteiger partial charge in [0.15, 0.2) is 0 Å². The molecule has 4 nitrogen and oxygen atoms in total. The lowest BCUT2D eigenvalue weighted by Crippen LogP contribution is -2.37. The van der Waals surface area contributed by atoms with Crippen LogP contribution in [0.3, 0.4) is 0 Å². The van der Waals surface area contributed by atoms with Gasteiger partial charge in [0.25, 0.3) is 0 Å². The van der Waals surface area contributed by atoms with E-state index in [4.69, 9.17) is 5.11 Å². The second kappa shape index (κ2) is 4.04. The molecule has 2 saturated carbocycles. The lowest BCUT2D eigenvalue weighted by Gasteiger charge is -2.21. The summed E-state index contributed by atoms with van der Waals surface area (Å²) in [5, 5.41) is 11.2. The van der Waals surface area contributed by atoms with Crippen LogP contribution in [0, 0.1) is 11.8 Å². The largest absolute Gasteiger partial charge is 0.478 e. The van der Waals surface area contributed by atoms with Gasteiger partial charge in [0.2, 0.25) is 5.91 Å². The van der Waals surface area contributed by atoms with Crippen LogP contribution in [0.15, 0.2) is 12.2 Å². The van der Waals surface area contributed by atoms with E-state index in [1.165, 1.54) is 19.3 Å². The Hall–Kier alpha value is -1.32. The molecule has 15 heavy (non-hydrogen) atoms. The molecule has 2 aliphatic rings. The summed E-state index contributed by atoms with van der Waals surface area (Å²) in [5.74, 6) is 0.0361. The summed E-state index contributed by atoms with van der Waals surface area (Å²) < 4.78 is 0. The van der Waals surface area contributed by atoms with Gasteiger partial charge in [0.05, 0.1) is 0 Å². The molecule has 2 fully saturated rings. The second-order valence-electron chi connectivity index (χ2n) is 4.46. The van der Waals surface area contributed by atoms with Crippen LogP contribution < -0.4 is 5.32 Å². The van der Waals surface area contributed by atoms with Gasteiger partial charge < -0.3 is 10.4 Å². The van der Waals surface area contributed by atoms with Crippen LogP contribution in [0.1, 0.15) is 25.7 Å². The third kappa shape index (κ3) is 2.37. The maximum atomic E-state index is 11.3. The highest BCUT2D eigenvalue weighted by molar-refractivity contribution is 5.94. The van der Waals surface area contributed by atoms with Crippen molar-refractivity contribution >= 4 is 11.9 Å². The van der Waals surface area contributed by atoms with Gasteiger partial charge >= 0.3 is 5.97 Å². The number of hydrogen-bond acceptors (Lipinski definition) is 2. The first-order chi connectivity index (χ1) is 7.15. The first kappa shape index (κ1) is 10.2. The number of fused-ring (bicyclic) bond motifs is 2. The predicted octanol–water partition coefficient (Wildman–Crippen LogP) is 0.932.